The van der Waals surface area contributed by atoms with Gasteiger partial charge in [-0.15, -0.1) is 0 Å². The third kappa shape index (κ3) is 1.42. The van der Waals surface area contributed by atoms with Gasteiger partial charge in [0.2, 0.25) is 5.91 Å². The van der Waals surface area contributed by atoms with Gasteiger partial charge in [-0.1, -0.05) is 0 Å². The smallest absolute Gasteiger partial charge is 0.356 e. The molecule has 1 aromatic heterocycles. The van der Waals surface area contributed by atoms with Crippen LogP contribution in [0.5, 0.6) is 5.75 Å². The standard InChI is InChI=1S/C10H12N2O4/c1-6(13)12-3-4-16-9-7(12)5-11(2)8(9)10(14)15/h5H,3-4H2,1-2H3,(H,14,15). The number of nitrogens with zero attached hydrogens (tertiary/aromatic N) is 2. The lowest BCUT2D eigenvalue weighted by atomic mass is 10.3. The van der Waals surface area contributed by atoms with Gasteiger partial charge in [0.25, 0.3) is 0 Å². The van der Waals surface area contributed by atoms with Crippen molar-refractivity contribution in [3.8, 4) is 5.75 Å². The fourth-order valence-corrected chi connectivity index (χ4v) is 1.86. The number of aromatic nitrogens is 1. The highest BCUT2D eigenvalue weighted by Gasteiger charge is 2.29. The maximum absolute atomic E-state index is 11.4. The number of fused-ring (bicyclic) bond motifs is 1. The molecule has 0 fully saturated rings. The molecule has 86 valence electrons. The predicted octanol–water partition coefficient (Wildman–Crippen LogP) is 0.469. The first-order valence-electron chi connectivity index (χ1n) is 4.86. The van der Waals surface area contributed by atoms with Crippen molar-refractivity contribution in [2.24, 2.45) is 7.05 Å². The molecule has 1 N–H and O–H groups in total. The van der Waals surface area contributed by atoms with E-state index in [9.17, 15) is 9.59 Å². The first kappa shape index (κ1) is 10.5. The van der Waals surface area contributed by atoms with E-state index in [2.05, 4.69) is 0 Å². The monoisotopic (exact) mass is 224 g/mol. The summed E-state index contributed by atoms with van der Waals surface area (Å²) >= 11 is 0. The molecular formula is C10H12N2O4. The Balaban J connectivity index is 2.56. The quantitative estimate of drug-likeness (QED) is 0.752. The molecule has 2 heterocycles. The first-order valence-corrected chi connectivity index (χ1v) is 4.86. The molecule has 6 nitrogen and oxygen atoms in total. The lowest BCUT2D eigenvalue weighted by Crippen LogP contribution is -2.36. The van der Waals surface area contributed by atoms with E-state index in [0.717, 1.165) is 0 Å². The van der Waals surface area contributed by atoms with E-state index in [1.165, 1.54) is 16.4 Å². The maximum atomic E-state index is 11.4. The maximum Gasteiger partial charge on any atom is 0.356 e. The van der Waals surface area contributed by atoms with Gasteiger partial charge in [-0.05, 0) is 0 Å². The zero-order valence-corrected chi connectivity index (χ0v) is 9.06. The highest BCUT2D eigenvalue weighted by Crippen LogP contribution is 2.36. The number of carboxylic acids is 1. The third-order valence-electron chi connectivity index (χ3n) is 2.55. The van der Waals surface area contributed by atoms with E-state index in [1.54, 1.807) is 13.2 Å². The van der Waals surface area contributed by atoms with Gasteiger partial charge in [-0.25, -0.2) is 4.79 Å². The van der Waals surface area contributed by atoms with Crippen molar-refractivity contribution in [3.63, 3.8) is 0 Å². The first-order chi connectivity index (χ1) is 7.52. The van der Waals surface area contributed by atoms with E-state index in [4.69, 9.17) is 9.84 Å². The minimum Gasteiger partial charge on any atom is -0.487 e. The summed E-state index contributed by atoms with van der Waals surface area (Å²) in [7, 11) is 1.61. The van der Waals surface area contributed by atoms with Crippen molar-refractivity contribution in [3.05, 3.63) is 11.9 Å². The summed E-state index contributed by atoms with van der Waals surface area (Å²) in [5.41, 5.74) is 0.597. The summed E-state index contributed by atoms with van der Waals surface area (Å²) in [6.07, 6.45) is 1.60. The summed E-state index contributed by atoms with van der Waals surface area (Å²) < 4.78 is 6.77. The molecule has 1 aromatic rings. The average molecular weight is 224 g/mol. The van der Waals surface area contributed by atoms with Gasteiger partial charge in [-0.3, -0.25) is 4.79 Å². The molecule has 0 spiro atoms. The Bertz CT molecular complexity index is 464. The Kier molecular flexibility index (Phi) is 2.34. The van der Waals surface area contributed by atoms with Crippen molar-refractivity contribution in [1.29, 1.82) is 0 Å². The van der Waals surface area contributed by atoms with Crippen LogP contribution in [0.15, 0.2) is 6.20 Å². The summed E-state index contributed by atoms with van der Waals surface area (Å²) in [5.74, 6) is -0.905. The fraction of sp³-hybridized carbons (Fsp3) is 0.400. The zero-order chi connectivity index (χ0) is 11.9. The molecule has 0 radical (unpaired) electrons. The van der Waals surface area contributed by atoms with Crippen molar-refractivity contribution < 1.29 is 19.4 Å². The van der Waals surface area contributed by atoms with Gasteiger partial charge < -0.3 is 19.3 Å². The molecule has 1 aliphatic rings. The predicted molar refractivity (Wildman–Crippen MR) is 55.9 cm³/mol. The van der Waals surface area contributed by atoms with Gasteiger partial charge in [-0.2, -0.15) is 0 Å². The van der Waals surface area contributed by atoms with Crippen LogP contribution in [-0.2, 0) is 11.8 Å². The lowest BCUT2D eigenvalue weighted by molar-refractivity contribution is -0.116. The molecule has 0 saturated heterocycles. The Morgan fingerprint density at radius 3 is 2.75 bits per heavy atom. The number of carbonyl (C=O) groups excluding carboxylic acids is 1. The van der Waals surface area contributed by atoms with E-state index in [-0.39, 0.29) is 17.4 Å². The minimum absolute atomic E-state index is 0.0703. The Labute approximate surface area is 92.0 Å². The third-order valence-corrected chi connectivity index (χ3v) is 2.55. The topological polar surface area (TPSA) is 71.8 Å². The minimum atomic E-state index is -1.06. The molecule has 0 aromatic carbocycles. The summed E-state index contributed by atoms with van der Waals surface area (Å²) in [4.78, 5) is 23.9. The summed E-state index contributed by atoms with van der Waals surface area (Å²) in [5, 5.41) is 9.03. The second-order valence-electron chi connectivity index (χ2n) is 3.63. The molecule has 16 heavy (non-hydrogen) atoms. The van der Waals surface area contributed by atoms with Crippen molar-refractivity contribution >= 4 is 17.6 Å². The molecule has 0 saturated carbocycles. The average Bonchev–Trinajstić information content (AvgIpc) is 2.52. The van der Waals surface area contributed by atoms with E-state index in [0.29, 0.717) is 18.8 Å². The molecule has 6 heteroatoms. The number of aryl methyl sites for hydroxylation is 1. The molecule has 0 bridgehead atoms. The molecule has 1 amide bonds. The highest BCUT2D eigenvalue weighted by atomic mass is 16.5. The number of carboxylic acid groups (broad SMARTS) is 1. The molecule has 2 rings (SSSR count). The van der Waals surface area contributed by atoms with Crippen LogP contribution in [0.2, 0.25) is 0 Å². The van der Waals surface area contributed by atoms with Crippen LogP contribution in [0.3, 0.4) is 0 Å². The molecular weight excluding hydrogens is 212 g/mol. The van der Waals surface area contributed by atoms with Gasteiger partial charge in [0, 0.05) is 20.2 Å². The van der Waals surface area contributed by atoms with Crippen molar-refractivity contribution in [2.45, 2.75) is 6.92 Å². The highest BCUT2D eigenvalue weighted by molar-refractivity contribution is 5.98. The Morgan fingerprint density at radius 1 is 1.50 bits per heavy atom. The molecule has 0 aliphatic carbocycles. The number of carbonyl (C=O) groups is 2. The van der Waals surface area contributed by atoms with Crippen LogP contribution in [0.1, 0.15) is 17.4 Å². The zero-order valence-electron chi connectivity index (χ0n) is 9.06. The van der Waals surface area contributed by atoms with E-state index < -0.39 is 5.97 Å². The number of amides is 1. The molecule has 1 aliphatic heterocycles. The van der Waals surface area contributed by atoms with Crippen LogP contribution in [0, 0.1) is 0 Å². The number of rotatable bonds is 1. The van der Waals surface area contributed by atoms with Crippen LogP contribution < -0.4 is 9.64 Å². The van der Waals surface area contributed by atoms with Crippen LogP contribution in [0.25, 0.3) is 0 Å². The number of anilines is 1. The van der Waals surface area contributed by atoms with Gasteiger partial charge in [0.05, 0.1) is 6.54 Å². The van der Waals surface area contributed by atoms with Crippen molar-refractivity contribution in [1.82, 2.24) is 4.57 Å². The number of hydrogen-bond donors (Lipinski definition) is 1. The normalized spacial score (nSPS) is 14.2. The fourth-order valence-electron chi connectivity index (χ4n) is 1.86. The molecule has 0 unspecified atom stereocenters. The van der Waals surface area contributed by atoms with Gasteiger partial charge in [0.1, 0.15) is 12.3 Å². The van der Waals surface area contributed by atoms with E-state index >= 15 is 0 Å². The number of aromatic carboxylic acids is 1. The largest absolute Gasteiger partial charge is 0.487 e. The van der Waals surface area contributed by atoms with E-state index in [1.807, 2.05) is 0 Å². The summed E-state index contributed by atoms with van der Waals surface area (Å²) in [6.45, 7) is 2.21. The Morgan fingerprint density at radius 2 is 2.19 bits per heavy atom. The Hall–Kier alpha value is -1.98. The van der Waals surface area contributed by atoms with Crippen LogP contribution in [-0.4, -0.2) is 34.7 Å². The summed E-state index contributed by atoms with van der Waals surface area (Å²) in [6, 6.07) is 0. The second-order valence-corrected chi connectivity index (χ2v) is 3.63. The van der Waals surface area contributed by atoms with Crippen LogP contribution in [0.4, 0.5) is 5.69 Å². The SMILES string of the molecule is CC(=O)N1CCOc2c1cn(C)c2C(=O)O. The van der Waals surface area contributed by atoms with Gasteiger partial charge >= 0.3 is 5.97 Å². The number of hydrogen-bond acceptors (Lipinski definition) is 3. The van der Waals surface area contributed by atoms with Crippen molar-refractivity contribution in [2.75, 3.05) is 18.1 Å². The lowest BCUT2D eigenvalue weighted by Gasteiger charge is -2.26. The molecule has 0 atom stereocenters. The number of ether oxygens (including phenoxy) is 1. The van der Waals surface area contributed by atoms with Gasteiger partial charge in [0.15, 0.2) is 11.4 Å². The second kappa shape index (κ2) is 3.55. The van der Waals surface area contributed by atoms with Crippen LogP contribution >= 0.6 is 0 Å².